The number of nitriles is 1. The molecule has 20 heavy (non-hydrogen) atoms. The predicted octanol–water partition coefficient (Wildman–Crippen LogP) is 3.20. The van der Waals surface area contributed by atoms with Gasteiger partial charge in [-0.2, -0.15) is 9.57 Å². The van der Waals surface area contributed by atoms with Crippen molar-refractivity contribution < 1.29 is 12.8 Å². The van der Waals surface area contributed by atoms with Crippen LogP contribution in [0, 0.1) is 17.1 Å². The normalized spacial score (nSPS) is 20.6. The molecule has 1 aliphatic heterocycles. The van der Waals surface area contributed by atoms with E-state index in [2.05, 4.69) is 0 Å². The molecule has 108 valence electrons. The van der Waals surface area contributed by atoms with E-state index in [1.807, 2.05) is 6.07 Å². The van der Waals surface area contributed by atoms with Crippen LogP contribution in [0.15, 0.2) is 17.0 Å². The minimum Gasteiger partial charge on any atom is -0.207 e. The summed E-state index contributed by atoms with van der Waals surface area (Å²) in [4.78, 5) is -0.358. The van der Waals surface area contributed by atoms with Gasteiger partial charge in [0.1, 0.15) is 10.9 Å². The Morgan fingerprint density at radius 1 is 1.35 bits per heavy atom. The second-order valence-electron chi connectivity index (χ2n) is 4.43. The van der Waals surface area contributed by atoms with Crippen LogP contribution >= 0.6 is 23.2 Å². The summed E-state index contributed by atoms with van der Waals surface area (Å²) in [5, 5.41) is 8.27. The molecule has 1 aromatic carbocycles. The first-order valence-corrected chi connectivity index (χ1v) is 8.14. The largest absolute Gasteiger partial charge is 0.245 e. The first-order chi connectivity index (χ1) is 9.39. The summed E-state index contributed by atoms with van der Waals surface area (Å²) < 4.78 is 39.8. The summed E-state index contributed by atoms with van der Waals surface area (Å²) >= 11 is 11.3. The number of nitrogens with zero attached hydrogens (tertiary/aromatic N) is 2. The lowest BCUT2D eigenvalue weighted by Gasteiger charge is -2.30. The highest BCUT2D eigenvalue weighted by molar-refractivity contribution is 7.89. The summed E-state index contributed by atoms with van der Waals surface area (Å²) in [7, 11) is -4.01. The number of hydrogen-bond donors (Lipinski definition) is 0. The maximum absolute atomic E-state index is 13.7. The van der Waals surface area contributed by atoms with E-state index in [4.69, 9.17) is 28.5 Å². The average Bonchev–Trinajstić information content (AvgIpc) is 2.44. The van der Waals surface area contributed by atoms with Gasteiger partial charge in [0.2, 0.25) is 10.0 Å². The zero-order valence-corrected chi connectivity index (χ0v) is 12.6. The molecule has 1 unspecified atom stereocenters. The standard InChI is InChI=1S/C12H11Cl2FN2O2S/c13-9-4-5-10(11(14)12(9)15)20(18,19)17-6-2-1-3-8(17)7-16/h4-5,8H,1-3,6H2. The van der Waals surface area contributed by atoms with E-state index in [-0.39, 0.29) is 16.5 Å². The van der Waals surface area contributed by atoms with Crippen LogP contribution in [-0.4, -0.2) is 25.3 Å². The maximum atomic E-state index is 13.7. The Labute approximate surface area is 126 Å². The van der Waals surface area contributed by atoms with Crippen LogP contribution in [0.5, 0.6) is 0 Å². The smallest absolute Gasteiger partial charge is 0.207 e. The van der Waals surface area contributed by atoms with Gasteiger partial charge in [-0.05, 0) is 31.4 Å². The number of rotatable bonds is 2. The van der Waals surface area contributed by atoms with E-state index in [9.17, 15) is 12.8 Å². The first-order valence-electron chi connectivity index (χ1n) is 5.94. The number of hydrogen-bond acceptors (Lipinski definition) is 3. The number of halogens is 3. The van der Waals surface area contributed by atoms with Crippen molar-refractivity contribution in [1.29, 1.82) is 5.26 Å². The highest BCUT2D eigenvalue weighted by Crippen LogP contribution is 2.33. The van der Waals surface area contributed by atoms with Gasteiger partial charge in [-0.1, -0.05) is 23.2 Å². The molecule has 1 heterocycles. The van der Waals surface area contributed by atoms with Crippen molar-refractivity contribution in [2.75, 3.05) is 6.54 Å². The van der Waals surface area contributed by atoms with Crippen molar-refractivity contribution in [1.82, 2.24) is 4.31 Å². The van der Waals surface area contributed by atoms with Crippen LogP contribution in [0.3, 0.4) is 0 Å². The number of sulfonamides is 1. The molecule has 0 bridgehead atoms. The Morgan fingerprint density at radius 3 is 2.70 bits per heavy atom. The van der Waals surface area contributed by atoms with Crippen molar-refractivity contribution >= 4 is 33.2 Å². The molecule has 0 spiro atoms. The molecule has 8 heteroatoms. The molecule has 0 N–H and O–H groups in total. The fourth-order valence-corrected chi connectivity index (χ4v) is 4.48. The molecule has 2 rings (SSSR count). The Morgan fingerprint density at radius 2 is 2.05 bits per heavy atom. The molecule has 1 aromatic rings. The predicted molar refractivity (Wildman–Crippen MR) is 73.6 cm³/mol. The maximum Gasteiger partial charge on any atom is 0.245 e. The van der Waals surface area contributed by atoms with Gasteiger partial charge >= 0.3 is 0 Å². The Kier molecular flexibility index (Phi) is 4.55. The number of piperidine rings is 1. The monoisotopic (exact) mass is 336 g/mol. The third-order valence-corrected chi connectivity index (χ3v) is 5.91. The van der Waals surface area contributed by atoms with Crippen LogP contribution < -0.4 is 0 Å². The summed E-state index contributed by atoms with van der Waals surface area (Å²) in [5.74, 6) is -0.972. The van der Waals surface area contributed by atoms with Crippen LogP contribution in [0.2, 0.25) is 10.0 Å². The van der Waals surface area contributed by atoms with Crippen molar-refractivity contribution in [2.45, 2.75) is 30.2 Å². The lowest BCUT2D eigenvalue weighted by Crippen LogP contribution is -2.42. The van der Waals surface area contributed by atoms with Crippen LogP contribution in [-0.2, 0) is 10.0 Å². The van der Waals surface area contributed by atoms with Gasteiger partial charge in [0, 0.05) is 6.54 Å². The van der Waals surface area contributed by atoms with Crippen LogP contribution in [0.1, 0.15) is 19.3 Å². The Balaban J connectivity index is 2.50. The molecule has 1 saturated heterocycles. The van der Waals surface area contributed by atoms with Gasteiger partial charge in [-0.15, -0.1) is 0 Å². The third kappa shape index (κ3) is 2.63. The third-order valence-electron chi connectivity index (χ3n) is 3.19. The van der Waals surface area contributed by atoms with Crippen molar-refractivity contribution in [3.05, 3.63) is 28.0 Å². The zero-order chi connectivity index (χ0) is 14.9. The lowest BCUT2D eigenvalue weighted by atomic mass is 10.1. The second-order valence-corrected chi connectivity index (χ2v) is 7.07. The van der Waals surface area contributed by atoms with E-state index in [1.165, 1.54) is 0 Å². The van der Waals surface area contributed by atoms with Crippen LogP contribution in [0.4, 0.5) is 4.39 Å². The molecule has 1 atom stereocenters. The van der Waals surface area contributed by atoms with Gasteiger partial charge < -0.3 is 0 Å². The summed E-state index contributed by atoms with van der Waals surface area (Å²) in [6.07, 6.45) is 1.90. The minimum atomic E-state index is -4.01. The van der Waals surface area contributed by atoms with Crippen molar-refractivity contribution in [3.63, 3.8) is 0 Å². The second kappa shape index (κ2) is 5.86. The molecule has 0 aromatic heterocycles. The van der Waals surface area contributed by atoms with Crippen LogP contribution in [0.25, 0.3) is 0 Å². The molecule has 4 nitrogen and oxygen atoms in total. The fraction of sp³-hybridized carbons (Fsp3) is 0.417. The van der Waals surface area contributed by atoms with Gasteiger partial charge in [0.05, 0.1) is 16.1 Å². The van der Waals surface area contributed by atoms with E-state index in [1.54, 1.807) is 0 Å². The van der Waals surface area contributed by atoms with Gasteiger partial charge in [0.15, 0.2) is 5.82 Å². The van der Waals surface area contributed by atoms with E-state index in [0.717, 1.165) is 22.9 Å². The van der Waals surface area contributed by atoms with E-state index < -0.39 is 26.9 Å². The molecule has 0 aliphatic carbocycles. The topological polar surface area (TPSA) is 61.2 Å². The fourth-order valence-electron chi connectivity index (χ4n) is 2.16. The molecular weight excluding hydrogens is 326 g/mol. The molecule has 0 saturated carbocycles. The summed E-state index contributed by atoms with van der Waals surface area (Å²) in [6.45, 7) is 0.223. The molecule has 0 radical (unpaired) electrons. The van der Waals surface area contributed by atoms with Crippen molar-refractivity contribution in [3.8, 4) is 6.07 Å². The highest BCUT2D eigenvalue weighted by atomic mass is 35.5. The SMILES string of the molecule is N#CC1CCCCN1S(=O)(=O)c1ccc(Cl)c(F)c1Cl. The van der Waals surface area contributed by atoms with Crippen molar-refractivity contribution in [2.24, 2.45) is 0 Å². The zero-order valence-electron chi connectivity index (χ0n) is 10.3. The Bertz CT molecular complexity index is 673. The van der Waals surface area contributed by atoms with E-state index >= 15 is 0 Å². The van der Waals surface area contributed by atoms with E-state index in [0.29, 0.717) is 12.8 Å². The molecule has 1 fully saturated rings. The molecular formula is C12H11Cl2FN2O2S. The summed E-state index contributed by atoms with van der Waals surface area (Å²) in [5.41, 5.74) is 0. The van der Waals surface area contributed by atoms with Gasteiger partial charge in [0.25, 0.3) is 0 Å². The lowest BCUT2D eigenvalue weighted by molar-refractivity contribution is 0.297. The molecule has 1 aliphatic rings. The van der Waals surface area contributed by atoms with Gasteiger partial charge in [-0.3, -0.25) is 0 Å². The Hall–Kier alpha value is -0.870. The highest BCUT2D eigenvalue weighted by Gasteiger charge is 2.35. The minimum absolute atomic E-state index is 0.223. The van der Waals surface area contributed by atoms with Gasteiger partial charge in [-0.25, -0.2) is 12.8 Å². The average molecular weight is 337 g/mol. The number of benzene rings is 1. The summed E-state index contributed by atoms with van der Waals surface area (Å²) in [6, 6.07) is 3.51. The first kappa shape index (κ1) is 15.5. The quantitative estimate of drug-likeness (QED) is 0.779. The molecule has 0 amide bonds.